The molecule has 0 unspecified atom stereocenters. The fraction of sp³-hybridized carbons (Fsp3) is 0.312. The highest BCUT2D eigenvalue weighted by Gasteiger charge is 2.25. The van der Waals surface area contributed by atoms with Crippen LogP contribution in [0.15, 0.2) is 24.5 Å². The third kappa shape index (κ3) is 3.52. The highest BCUT2D eigenvalue weighted by molar-refractivity contribution is 7.22. The molecule has 0 aliphatic rings. The van der Waals surface area contributed by atoms with E-state index in [1.807, 2.05) is 19.0 Å². The van der Waals surface area contributed by atoms with Crippen molar-refractivity contribution in [1.29, 1.82) is 0 Å². The van der Waals surface area contributed by atoms with Gasteiger partial charge in [-0.15, -0.1) is 0 Å². The van der Waals surface area contributed by atoms with Crippen molar-refractivity contribution >= 4 is 32.6 Å². The van der Waals surface area contributed by atoms with Gasteiger partial charge >= 0.3 is 0 Å². The zero-order chi connectivity index (χ0) is 18.1. The predicted molar refractivity (Wildman–Crippen MR) is 93.0 cm³/mol. The van der Waals surface area contributed by atoms with Crippen LogP contribution in [0.5, 0.6) is 0 Å². The van der Waals surface area contributed by atoms with Gasteiger partial charge in [-0.2, -0.15) is 0 Å². The first-order valence-corrected chi connectivity index (χ1v) is 8.38. The van der Waals surface area contributed by atoms with E-state index in [-0.39, 0.29) is 17.2 Å². The molecule has 0 fully saturated rings. The molecule has 132 valence electrons. The smallest absolute Gasteiger partial charge is 0.296 e. The number of benzene rings is 1. The maximum absolute atomic E-state index is 14.0. The van der Waals surface area contributed by atoms with Crippen LogP contribution in [0.1, 0.15) is 10.6 Å². The Kier molecular flexibility index (Phi) is 4.78. The topological polar surface area (TPSA) is 54.3 Å². The Morgan fingerprint density at radius 3 is 2.68 bits per heavy atom. The average Bonchev–Trinajstić information content (AvgIpc) is 3.13. The zero-order valence-corrected chi connectivity index (χ0v) is 14.8. The van der Waals surface area contributed by atoms with E-state index in [0.717, 1.165) is 17.4 Å². The minimum absolute atomic E-state index is 0.0592. The summed E-state index contributed by atoms with van der Waals surface area (Å²) in [4.78, 5) is 24.6. The van der Waals surface area contributed by atoms with Gasteiger partial charge < -0.3 is 9.47 Å². The van der Waals surface area contributed by atoms with E-state index in [2.05, 4.69) is 9.97 Å². The lowest BCUT2D eigenvalue weighted by atomic mass is 10.3. The van der Waals surface area contributed by atoms with E-state index in [1.165, 1.54) is 17.2 Å². The number of carbonyl (C=O) groups is 1. The number of aryl methyl sites for hydroxylation is 1. The second-order valence-electron chi connectivity index (χ2n) is 5.85. The minimum atomic E-state index is -0.741. The lowest BCUT2D eigenvalue weighted by Gasteiger charge is -2.21. The maximum Gasteiger partial charge on any atom is 0.296 e. The van der Waals surface area contributed by atoms with Gasteiger partial charge in [0.15, 0.2) is 16.8 Å². The van der Waals surface area contributed by atoms with E-state index < -0.39 is 11.6 Å². The van der Waals surface area contributed by atoms with Gasteiger partial charge in [0.25, 0.3) is 5.91 Å². The quantitative estimate of drug-likeness (QED) is 0.697. The molecule has 9 heteroatoms. The van der Waals surface area contributed by atoms with Crippen LogP contribution in [0.3, 0.4) is 0 Å². The molecule has 1 amide bonds. The number of rotatable bonds is 5. The summed E-state index contributed by atoms with van der Waals surface area (Å²) in [6, 6.07) is 2.01. The van der Waals surface area contributed by atoms with E-state index in [4.69, 9.17) is 0 Å². The number of halogens is 2. The van der Waals surface area contributed by atoms with Crippen molar-refractivity contribution < 1.29 is 13.6 Å². The number of likely N-dealkylation sites (N-methyl/N-ethyl adjacent to an activating group) is 1. The number of carbonyl (C=O) groups excluding carboxylic acids is 1. The molecule has 0 spiro atoms. The summed E-state index contributed by atoms with van der Waals surface area (Å²) < 4.78 is 29.4. The minimum Gasteiger partial charge on any atom is -0.330 e. The molecule has 2 aromatic heterocycles. The highest BCUT2D eigenvalue weighted by atomic mass is 32.1. The molecule has 1 aromatic carbocycles. The van der Waals surface area contributed by atoms with Gasteiger partial charge in [-0.1, -0.05) is 11.3 Å². The molecule has 0 aliphatic heterocycles. The van der Waals surface area contributed by atoms with Crippen molar-refractivity contribution in [3.05, 3.63) is 42.0 Å². The van der Waals surface area contributed by atoms with Crippen LogP contribution >= 0.6 is 11.3 Å². The molecule has 0 atom stereocenters. The number of nitrogens with zero attached hydrogens (tertiary/aromatic N) is 5. The monoisotopic (exact) mass is 365 g/mol. The Bertz CT molecular complexity index is 921. The average molecular weight is 365 g/mol. The molecule has 0 N–H and O–H groups in total. The second kappa shape index (κ2) is 6.85. The SMILES string of the molecule is CN(C)CCN(C(=O)c1nccn1C)c1nc2c(F)cc(F)cc2s1. The maximum atomic E-state index is 14.0. The summed E-state index contributed by atoms with van der Waals surface area (Å²) in [7, 11) is 5.49. The number of amides is 1. The van der Waals surface area contributed by atoms with Crippen LogP contribution in [-0.4, -0.2) is 52.5 Å². The summed E-state index contributed by atoms with van der Waals surface area (Å²) in [6.07, 6.45) is 3.20. The van der Waals surface area contributed by atoms with Gasteiger partial charge in [0.2, 0.25) is 0 Å². The van der Waals surface area contributed by atoms with Crippen LogP contribution in [-0.2, 0) is 7.05 Å². The molecule has 0 bridgehead atoms. The fourth-order valence-corrected chi connectivity index (χ4v) is 3.37. The number of aromatic nitrogens is 3. The third-order valence-corrected chi connectivity index (χ3v) is 4.69. The molecule has 0 aliphatic carbocycles. The Morgan fingerprint density at radius 2 is 2.04 bits per heavy atom. The van der Waals surface area contributed by atoms with Crippen LogP contribution in [0.4, 0.5) is 13.9 Å². The standard InChI is InChI=1S/C16H17F2N5OS/c1-21(2)6-7-23(15(24)14-19-4-5-22(14)3)16-20-13-11(18)8-10(17)9-12(13)25-16/h4-5,8-9H,6-7H2,1-3H3. The third-order valence-electron chi connectivity index (χ3n) is 3.66. The summed E-state index contributed by atoms with van der Waals surface area (Å²) in [6.45, 7) is 0.936. The van der Waals surface area contributed by atoms with Crippen LogP contribution in [0, 0.1) is 11.6 Å². The van der Waals surface area contributed by atoms with Crippen molar-refractivity contribution in [2.24, 2.45) is 7.05 Å². The first-order chi connectivity index (χ1) is 11.9. The largest absolute Gasteiger partial charge is 0.330 e. The summed E-state index contributed by atoms with van der Waals surface area (Å²) in [5, 5.41) is 0.314. The Balaban J connectivity index is 2.03. The van der Waals surface area contributed by atoms with Crippen molar-refractivity contribution in [2.45, 2.75) is 0 Å². The number of hydrogen-bond donors (Lipinski definition) is 0. The second-order valence-corrected chi connectivity index (χ2v) is 6.86. The van der Waals surface area contributed by atoms with E-state index in [1.54, 1.807) is 17.8 Å². The molecule has 25 heavy (non-hydrogen) atoms. The number of imidazole rings is 1. The van der Waals surface area contributed by atoms with Crippen molar-refractivity contribution in [3.8, 4) is 0 Å². The van der Waals surface area contributed by atoms with E-state index in [0.29, 0.717) is 22.9 Å². The number of thiazole rings is 1. The lowest BCUT2D eigenvalue weighted by molar-refractivity contribution is 0.0972. The number of anilines is 1. The molecule has 3 aromatic rings. The summed E-state index contributed by atoms with van der Waals surface area (Å²) in [5.41, 5.74) is 0.0592. The summed E-state index contributed by atoms with van der Waals surface area (Å²) in [5.74, 6) is -1.50. The predicted octanol–water partition coefficient (Wildman–Crippen LogP) is 2.52. The fourth-order valence-electron chi connectivity index (χ4n) is 2.34. The van der Waals surface area contributed by atoms with Crippen molar-refractivity contribution in [2.75, 3.05) is 32.1 Å². The van der Waals surface area contributed by atoms with Gasteiger partial charge in [-0.25, -0.2) is 18.7 Å². The Morgan fingerprint density at radius 1 is 1.28 bits per heavy atom. The Labute approximate surface area is 147 Å². The number of fused-ring (bicyclic) bond motifs is 1. The molecule has 0 radical (unpaired) electrons. The number of hydrogen-bond acceptors (Lipinski definition) is 5. The van der Waals surface area contributed by atoms with Crippen molar-refractivity contribution in [3.63, 3.8) is 0 Å². The van der Waals surface area contributed by atoms with Crippen LogP contribution < -0.4 is 4.90 Å². The molecule has 2 heterocycles. The highest BCUT2D eigenvalue weighted by Crippen LogP contribution is 2.31. The normalized spacial score (nSPS) is 11.4. The van der Waals surface area contributed by atoms with Crippen LogP contribution in [0.2, 0.25) is 0 Å². The first kappa shape index (κ1) is 17.4. The molecule has 0 saturated heterocycles. The van der Waals surface area contributed by atoms with E-state index in [9.17, 15) is 13.6 Å². The van der Waals surface area contributed by atoms with Gasteiger partial charge in [0.05, 0.1) is 4.70 Å². The van der Waals surface area contributed by atoms with E-state index >= 15 is 0 Å². The lowest BCUT2D eigenvalue weighted by Crippen LogP contribution is -2.38. The molecular formula is C16H17F2N5OS. The van der Waals surface area contributed by atoms with Crippen LogP contribution in [0.25, 0.3) is 10.2 Å². The van der Waals surface area contributed by atoms with Crippen molar-refractivity contribution in [1.82, 2.24) is 19.4 Å². The molecular weight excluding hydrogens is 348 g/mol. The Hall–Kier alpha value is -2.39. The van der Waals surface area contributed by atoms with Gasteiger partial charge in [0, 0.05) is 38.6 Å². The molecule has 0 saturated carbocycles. The molecule has 6 nitrogen and oxygen atoms in total. The first-order valence-electron chi connectivity index (χ1n) is 7.56. The summed E-state index contributed by atoms with van der Waals surface area (Å²) >= 11 is 1.08. The van der Waals surface area contributed by atoms with Gasteiger partial charge in [-0.05, 0) is 20.2 Å². The molecule has 3 rings (SSSR count). The van der Waals surface area contributed by atoms with Gasteiger partial charge in [0.1, 0.15) is 11.3 Å². The zero-order valence-electron chi connectivity index (χ0n) is 14.0. The van der Waals surface area contributed by atoms with Gasteiger partial charge in [-0.3, -0.25) is 9.69 Å².